The monoisotopic (exact) mass is 381 g/mol. The Labute approximate surface area is 162 Å². The Bertz CT molecular complexity index is 995. The summed E-state index contributed by atoms with van der Waals surface area (Å²) in [5.41, 5.74) is 1.13. The zero-order chi connectivity index (χ0) is 19.5. The lowest BCUT2D eigenvalue weighted by molar-refractivity contribution is 0.142. The maximum Gasteiger partial charge on any atom is 0.321 e. The molecule has 1 aliphatic heterocycles. The van der Waals surface area contributed by atoms with Crippen LogP contribution in [-0.2, 0) is 6.54 Å². The normalized spacial score (nSPS) is 15.0. The average molecular weight is 381 g/mol. The van der Waals surface area contributed by atoms with Crippen LogP contribution in [0.25, 0.3) is 10.8 Å². The molecule has 0 aromatic heterocycles. The van der Waals surface area contributed by atoms with Gasteiger partial charge < -0.3 is 10.2 Å². The molecule has 144 valence electrons. The number of hydrogen-bond acceptors (Lipinski definition) is 2. The molecule has 0 radical (unpaired) electrons. The fraction of sp³-hybridized carbons (Fsp3) is 0.227. The molecule has 1 aliphatic rings. The van der Waals surface area contributed by atoms with Crippen molar-refractivity contribution in [1.29, 1.82) is 0 Å². The maximum atomic E-state index is 13.9. The first kappa shape index (κ1) is 18.4. The second-order valence-electron chi connectivity index (χ2n) is 6.93. The summed E-state index contributed by atoms with van der Waals surface area (Å²) < 4.78 is 27.2. The van der Waals surface area contributed by atoms with Crippen molar-refractivity contribution in [3.63, 3.8) is 0 Å². The van der Waals surface area contributed by atoms with E-state index in [1.54, 1.807) is 11.0 Å². The van der Waals surface area contributed by atoms with Crippen LogP contribution in [0.5, 0.6) is 0 Å². The molecule has 0 atom stereocenters. The zero-order valence-corrected chi connectivity index (χ0v) is 15.4. The maximum absolute atomic E-state index is 13.9. The van der Waals surface area contributed by atoms with Crippen molar-refractivity contribution in [2.24, 2.45) is 0 Å². The standard InChI is InChI=1S/C22H21F2N3O/c23-19-9-3-7-17(21(19)24)15-26-11-13-27(14-12-26)22(28)25-20-10-4-6-16-5-1-2-8-18(16)20/h1-10H,11-15H2,(H,25,28). The number of urea groups is 1. The summed E-state index contributed by atoms with van der Waals surface area (Å²) in [7, 11) is 0. The highest BCUT2D eigenvalue weighted by molar-refractivity contribution is 6.01. The summed E-state index contributed by atoms with van der Waals surface area (Å²) in [6, 6.07) is 17.8. The second kappa shape index (κ2) is 7.94. The van der Waals surface area contributed by atoms with Crippen molar-refractivity contribution in [2.45, 2.75) is 6.54 Å². The van der Waals surface area contributed by atoms with Gasteiger partial charge in [0.1, 0.15) is 0 Å². The van der Waals surface area contributed by atoms with Gasteiger partial charge >= 0.3 is 6.03 Å². The van der Waals surface area contributed by atoms with Gasteiger partial charge in [-0.2, -0.15) is 0 Å². The van der Waals surface area contributed by atoms with E-state index in [4.69, 9.17) is 0 Å². The summed E-state index contributed by atoms with van der Waals surface area (Å²) in [6.07, 6.45) is 0. The van der Waals surface area contributed by atoms with Gasteiger partial charge in [-0.15, -0.1) is 0 Å². The van der Waals surface area contributed by atoms with Gasteiger partial charge in [0.25, 0.3) is 0 Å². The van der Waals surface area contributed by atoms with Crippen molar-refractivity contribution >= 4 is 22.5 Å². The first-order chi connectivity index (χ1) is 13.6. The highest BCUT2D eigenvalue weighted by atomic mass is 19.2. The van der Waals surface area contributed by atoms with Gasteiger partial charge in [0.15, 0.2) is 11.6 Å². The number of piperazine rings is 1. The zero-order valence-electron chi connectivity index (χ0n) is 15.4. The molecule has 0 spiro atoms. The van der Waals surface area contributed by atoms with E-state index < -0.39 is 11.6 Å². The lowest BCUT2D eigenvalue weighted by Gasteiger charge is -2.34. The molecular formula is C22H21F2N3O. The minimum atomic E-state index is -0.828. The van der Waals surface area contributed by atoms with Gasteiger partial charge in [0.2, 0.25) is 0 Å². The van der Waals surface area contributed by atoms with Crippen LogP contribution in [-0.4, -0.2) is 42.0 Å². The summed E-state index contributed by atoms with van der Waals surface area (Å²) in [5, 5.41) is 5.06. The van der Waals surface area contributed by atoms with Crippen LogP contribution in [0.2, 0.25) is 0 Å². The van der Waals surface area contributed by atoms with E-state index in [0.717, 1.165) is 22.5 Å². The number of carbonyl (C=O) groups excluding carboxylic acids is 1. The highest BCUT2D eigenvalue weighted by Gasteiger charge is 2.22. The van der Waals surface area contributed by atoms with Crippen molar-refractivity contribution in [3.8, 4) is 0 Å². The largest absolute Gasteiger partial charge is 0.322 e. The summed E-state index contributed by atoms with van der Waals surface area (Å²) >= 11 is 0. The van der Waals surface area contributed by atoms with Crippen LogP contribution in [0.15, 0.2) is 60.7 Å². The van der Waals surface area contributed by atoms with Crippen molar-refractivity contribution in [3.05, 3.63) is 77.9 Å². The number of rotatable bonds is 3. The van der Waals surface area contributed by atoms with Crippen LogP contribution >= 0.6 is 0 Å². The van der Waals surface area contributed by atoms with Gasteiger partial charge in [-0.1, -0.05) is 48.5 Å². The third kappa shape index (κ3) is 3.82. The SMILES string of the molecule is O=C(Nc1cccc2ccccc12)N1CCN(Cc2cccc(F)c2F)CC1. The molecule has 1 heterocycles. The Hall–Kier alpha value is -2.99. The molecule has 6 heteroatoms. The van der Waals surface area contributed by atoms with Gasteiger partial charge in [-0.05, 0) is 17.5 Å². The minimum absolute atomic E-state index is 0.145. The van der Waals surface area contributed by atoms with Crippen molar-refractivity contribution < 1.29 is 13.6 Å². The molecule has 1 N–H and O–H groups in total. The van der Waals surface area contributed by atoms with Crippen LogP contribution in [0, 0.1) is 11.6 Å². The van der Waals surface area contributed by atoms with E-state index in [1.807, 2.05) is 47.4 Å². The molecule has 0 aliphatic carbocycles. The number of benzene rings is 3. The van der Waals surface area contributed by atoms with Crippen LogP contribution in [0.3, 0.4) is 0 Å². The molecule has 3 aromatic carbocycles. The van der Waals surface area contributed by atoms with Gasteiger partial charge in [0, 0.05) is 43.7 Å². The third-order valence-corrected chi connectivity index (χ3v) is 5.12. The number of anilines is 1. The van der Waals surface area contributed by atoms with Crippen molar-refractivity contribution in [2.75, 3.05) is 31.5 Å². The molecule has 0 saturated carbocycles. The highest BCUT2D eigenvalue weighted by Crippen LogP contribution is 2.23. The topological polar surface area (TPSA) is 35.6 Å². The molecule has 1 saturated heterocycles. The van der Waals surface area contributed by atoms with E-state index in [0.29, 0.717) is 38.3 Å². The number of hydrogen-bond donors (Lipinski definition) is 1. The quantitative estimate of drug-likeness (QED) is 0.727. The predicted molar refractivity (Wildman–Crippen MR) is 106 cm³/mol. The smallest absolute Gasteiger partial charge is 0.321 e. The van der Waals surface area contributed by atoms with Gasteiger partial charge in [0.05, 0.1) is 5.69 Å². The first-order valence-electron chi connectivity index (χ1n) is 9.31. The van der Waals surface area contributed by atoms with E-state index in [1.165, 1.54) is 6.07 Å². The number of nitrogens with one attached hydrogen (secondary N) is 1. The Kier molecular flexibility index (Phi) is 5.21. The molecule has 0 unspecified atom stereocenters. The number of amides is 2. The Morgan fingerprint density at radius 3 is 2.43 bits per heavy atom. The Morgan fingerprint density at radius 1 is 0.893 bits per heavy atom. The molecular weight excluding hydrogens is 360 g/mol. The molecule has 3 aromatic rings. The predicted octanol–water partition coefficient (Wildman–Crippen LogP) is 4.47. The summed E-state index contributed by atoms with van der Waals surface area (Å²) in [5.74, 6) is -1.62. The average Bonchev–Trinajstić information content (AvgIpc) is 2.72. The van der Waals surface area contributed by atoms with E-state index in [-0.39, 0.29) is 6.03 Å². The van der Waals surface area contributed by atoms with Crippen LogP contribution in [0.1, 0.15) is 5.56 Å². The Morgan fingerprint density at radius 2 is 1.61 bits per heavy atom. The van der Waals surface area contributed by atoms with Crippen LogP contribution in [0.4, 0.5) is 19.3 Å². The second-order valence-corrected chi connectivity index (χ2v) is 6.93. The lowest BCUT2D eigenvalue weighted by Crippen LogP contribution is -2.49. The third-order valence-electron chi connectivity index (χ3n) is 5.12. The summed E-state index contributed by atoms with van der Waals surface area (Å²) in [6.45, 7) is 2.63. The molecule has 2 amide bonds. The minimum Gasteiger partial charge on any atom is -0.322 e. The van der Waals surface area contributed by atoms with E-state index in [9.17, 15) is 13.6 Å². The summed E-state index contributed by atoms with van der Waals surface area (Å²) in [4.78, 5) is 16.4. The van der Waals surface area contributed by atoms with E-state index >= 15 is 0 Å². The van der Waals surface area contributed by atoms with Gasteiger partial charge in [-0.3, -0.25) is 4.90 Å². The number of halogens is 2. The molecule has 0 bridgehead atoms. The number of carbonyl (C=O) groups is 1. The fourth-order valence-corrected chi connectivity index (χ4v) is 3.55. The number of nitrogens with zero attached hydrogens (tertiary/aromatic N) is 2. The molecule has 4 rings (SSSR count). The number of fused-ring (bicyclic) bond motifs is 1. The fourth-order valence-electron chi connectivity index (χ4n) is 3.55. The Balaban J connectivity index is 1.37. The van der Waals surface area contributed by atoms with Crippen molar-refractivity contribution in [1.82, 2.24) is 9.80 Å². The van der Waals surface area contributed by atoms with Gasteiger partial charge in [-0.25, -0.2) is 13.6 Å². The lowest BCUT2D eigenvalue weighted by atomic mass is 10.1. The van der Waals surface area contributed by atoms with E-state index in [2.05, 4.69) is 5.32 Å². The molecule has 1 fully saturated rings. The molecule has 28 heavy (non-hydrogen) atoms. The van der Waals surface area contributed by atoms with Crippen LogP contribution < -0.4 is 5.32 Å². The molecule has 4 nitrogen and oxygen atoms in total. The first-order valence-corrected chi connectivity index (χ1v) is 9.31.